The zero-order valence-electron chi connectivity index (χ0n) is 10.9. The van der Waals surface area contributed by atoms with Crippen molar-refractivity contribution in [3.05, 3.63) is 48.6 Å². The fraction of sp³-hybridized carbons (Fsp3) is 0.438. The van der Waals surface area contributed by atoms with Crippen LogP contribution < -0.4 is 0 Å². The normalized spacial score (nSPS) is 14.0. The van der Waals surface area contributed by atoms with Crippen molar-refractivity contribution in [1.29, 1.82) is 0 Å². The molecule has 2 unspecified atom stereocenters. The summed E-state index contributed by atoms with van der Waals surface area (Å²) in [6.45, 7) is 7.86. The Hall–Kier alpha value is -1.37. The van der Waals surface area contributed by atoms with Gasteiger partial charge in [-0.1, -0.05) is 50.3 Å². The number of allylic oxidation sites excluding steroid dienone is 1. The van der Waals surface area contributed by atoms with Gasteiger partial charge in [0, 0.05) is 12.3 Å². The molecule has 2 atom stereocenters. The van der Waals surface area contributed by atoms with Crippen molar-refractivity contribution in [2.45, 2.75) is 39.0 Å². The molecule has 1 aromatic carbocycles. The van der Waals surface area contributed by atoms with Crippen LogP contribution in [0.1, 0.15) is 44.6 Å². The highest BCUT2D eigenvalue weighted by atomic mass is 16.1. The minimum absolute atomic E-state index is 0.172. The first kappa shape index (κ1) is 13.7. The molecule has 0 N–H and O–H groups in total. The minimum atomic E-state index is 0.172. The number of ketones is 1. The van der Waals surface area contributed by atoms with Gasteiger partial charge in [0.05, 0.1) is 0 Å². The molecule has 0 saturated carbocycles. The second-order valence-corrected chi connectivity index (χ2v) is 4.61. The van der Waals surface area contributed by atoms with Crippen molar-refractivity contribution < 1.29 is 4.79 Å². The van der Waals surface area contributed by atoms with Crippen molar-refractivity contribution >= 4 is 5.78 Å². The highest BCUT2D eigenvalue weighted by molar-refractivity contribution is 5.81. The van der Waals surface area contributed by atoms with Crippen LogP contribution in [0.3, 0.4) is 0 Å². The molecule has 0 aliphatic carbocycles. The molecule has 0 radical (unpaired) electrons. The van der Waals surface area contributed by atoms with Gasteiger partial charge in [-0.25, -0.2) is 0 Å². The van der Waals surface area contributed by atoms with Crippen LogP contribution in [-0.4, -0.2) is 5.78 Å². The maximum atomic E-state index is 12.0. The molecule has 0 spiro atoms. The fourth-order valence-corrected chi connectivity index (χ4v) is 1.94. The number of rotatable bonds is 7. The summed E-state index contributed by atoms with van der Waals surface area (Å²) >= 11 is 0. The topological polar surface area (TPSA) is 17.1 Å². The molecule has 1 heteroatoms. The third-order valence-electron chi connectivity index (χ3n) is 3.33. The predicted octanol–water partition coefficient (Wildman–Crippen LogP) is 4.35. The first-order valence-electron chi connectivity index (χ1n) is 6.37. The second kappa shape index (κ2) is 7.05. The summed E-state index contributed by atoms with van der Waals surface area (Å²) in [7, 11) is 0. The van der Waals surface area contributed by atoms with Gasteiger partial charge in [-0.15, -0.1) is 6.58 Å². The van der Waals surface area contributed by atoms with E-state index >= 15 is 0 Å². The molecular weight excluding hydrogens is 208 g/mol. The van der Waals surface area contributed by atoms with Gasteiger partial charge >= 0.3 is 0 Å². The number of carbonyl (C=O) groups is 1. The van der Waals surface area contributed by atoms with Gasteiger partial charge in [0.25, 0.3) is 0 Å². The summed E-state index contributed by atoms with van der Waals surface area (Å²) < 4.78 is 0. The van der Waals surface area contributed by atoms with E-state index in [0.717, 1.165) is 12.8 Å². The molecule has 0 bridgehead atoms. The smallest absolute Gasteiger partial charge is 0.136 e. The molecule has 1 nitrogen and oxygen atoms in total. The molecule has 1 rings (SSSR count). The molecule has 0 saturated heterocycles. The van der Waals surface area contributed by atoms with E-state index < -0.39 is 0 Å². The summed E-state index contributed by atoms with van der Waals surface area (Å²) in [5.74, 6) is 0.824. The zero-order chi connectivity index (χ0) is 12.7. The highest BCUT2D eigenvalue weighted by Crippen LogP contribution is 2.25. The molecule has 0 fully saturated rings. The van der Waals surface area contributed by atoms with Gasteiger partial charge in [-0.2, -0.15) is 0 Å². The lowest BCUT2D eigenvalue weighted by Crippen LogP contribution is -2.14. The number of hydrogen-bond acceptors (Lipinski definition) is 1. The van der Waals surface area contributed by atoms with E-state index in [1.807, 2.05) is 31.2 Å². The van der Waals surface area contributed by atoms with Crippen LogP contribution in [0.2, 0.25) is 0 Å². The standard InChI is InChI=1S/C16H22O/c1-4-9-15(12-16(17)13(3)5-2)14-10-7-6-8-11-14/h4,6-8,10-11,13,15H,1,5,9,12H2,2-3H3. The lowest BCUT2D eigenvalue weighted by Gasteiger charge is -2.17. The van der Waals surface area contributed by atoms with Crippen molar-refractivity contribution in [1.82, 2.24) is 0 Å². The number of carbonyl (C=O) groups excluding carboxylic acids is 1. The fourth-order valence-electron chi connectivity index (χ4n) is 1.94. The lowest BCUT2D eigenvalue weighted by molar-refractivity contribution is -0.122. The largest absolute Gasteiger partial charge is 0.299 e. The van der Waals surface area contributed by atoms with Crippen molar-refractivity contribution in [3.8, 4) is 0 Å². The van der Waals surface area contributed by atoms with Crippen LogP contribution in [0.4, 0.5) is 0 Å². The maximum absolute atomic E-state index is 12.0. The zero-order valence-corrected chi connectivity index (χ0v) is 10.9. The van der Waals surface area contributed by atoms with Gasteiger partial charge in [-0.05, 0) is 24.3 Å². The highest BCUT2D eigenvalue weighted by Gasteiger charge is 2.18. The molecule has 0 aromatic heterocycles. The van der Waals surface area contributed by atoms with Gasteiger partial charge in [0.2, 0.25) is 0 Å². The van der Waals surface area contributed by atoms with E-state index in [9.17, 15) is 4.79 Å². The summed E-state index contributed by atoms with van der Waals surface area (Å²) in [6, 6.07) is 10.2. The van der Waals surface area contributed by atoms with Crippen molar-refractivity contribution in [3.63, 3.8) is 0 Å². The number of Topliss-reactive ketones (excluding diaryl/α,β-unsaturated/α-hetero) is 1. The minimum Gasteiger partial charge on any atom is -0.299 e. The summed E-state index contributed by atoms with van der Waals surface area (Å²) in [5.41, 5.74) is 1.24. The van der Waals surface area contributed by atoms with Crippen molar-refractivity contribution in [2.24, 2.45) is 5.92 Å². The summed E-state index contributed by atoms with van der Waals surface area (Å²) in [6.07, 6.45) is 4.33. The first-order chi connectivity index (χ1) is 8.19. The number of hydrogen-bond donors (Lipinski definition) is 0. The molecule has 17 heavy (non-hydrogen) atoms. The Morgan fingerprint density at radius 1 is 1.35 bits per heavy atom. The van der Waals surface area contributed by atoms with Crippen LogP contribution in [0.25, 0.3) is 0 Å². The molecule has 1 aromatic rings. The Kier molecular flexibility index (Phi) is 5.68. The molecular formula is C16H22O. The van der Waals surface area contributed by atoms with Crippen LogP contribution in [-0.2, 0) is 4.79 Å². The van der Waals surface area contributed by atoms with Gasteiger partial charge in [-0.3, -0.25) is 4.79 Å². The Bertz CT molecular complexity index is 353. The Morgan fingerprint density at radius 3 is 2.53 bits per heavy atom. The summed E-state index contributed by atoms with van der Waals surface area (Å²) in [4.78, 5) is 12.0. The van der Waals surface area contributed by atoms with E-state index in [1.54, 1.807) is 0 Å². The second-order valence-electron chi connectivity index (χ2n) is 4.61. The lowest BCUT2D eigenvalue weighted by atomic mass is 9.87. The third-order valence-corrected chi connectivity index (χ3v) is 3.33. The molecule has 0 amide bonds. The summed E-state index contributed by atoms with van der Waals surface area (Å²) in [5, 5.41) is 0. The Morgan fingerprint density at radius 2 is 2.00 bits per heavy atom. The Labute approximate surface area is 105 Å². The average Bonchev–Trinajstić information content (AvgIpc) is 2.38. The van der Waals surface area contributed by atoms with E-state index in [1.165, 1.54) is 5.56 Å². The van der Waals surface area contributed by atoms with Crippen molar-refractivity contribution in [2.75, 3.05) is 0 Å². The van der Waals surface area contributed by atoms with E-state index in [4.69, 9.17) is 0 Å². The average molecular weight is 230 g/mol. The predicted molar refractivity (Wildman–Crippen MR) is 73.1 cm³/mol. The van der Waals surface area contributed by atoms with Gasteiger partial charge < -0.3 is 0 Å². The Balaban J connectivity index is 2.74. The van der Waals surface area contributed by atoms with Crippen LogP contribution in [0, 0.1) is 5.92 Å². The quantitative estimate of drug-likeness (QED) is 0.636. The van der Waals surface area contributed by atoms with Crippen LogP contribution in [0.15, 0.2) is 43.0 Å². The van der Waals surface area contributed by atoms with E-state index in [2.05, 4.69) is 25.6 Å². The van der Waals surface area contributed by atoms with Gasteiger partial charge in [0.15, 0.2) is 0 Å². The van der Waals surface area contributed by atoms with Crippen LogP contribution >= 0.6 is 0 Å². The SMILES string of the molecule is C=CCC(CC(=O)C(C)CC)c1ccccc1. The van der Waals surface area contributed by atoms with Crippen LogP contribution in [0.5, 0.6) is 0 Å². The first-order valence-corrected chi connectivity index (χ1v) is 6.37. The molecule has 92 valence electrons. The maximum Gasteiger partial charge on any atom is 0.136 e. The third kappa shape index (κ3) is 4.18. The van der Waals surface area contributed by atoms with Gasteiger partial charge in [0.1, 0.15) is 5.78 Å². The van der Waals surface area contributed by atoms with E-state index in [-0.39, 0.29) is 11.8 Å². The van der Waals surface area contributed by atoms with E-state index in [0.29, 0.717) is 12.2 Å². The molecule has 0 aliphatic rings. The number of benzene rings is 1. The molecule has 0 heterocycles. The molecule has 0 aliphatic heterocycles. The monoisotopic (exact) mass is 230 g/mol.